The zero-order chi connectivity index (χ0) is 14.8. The van der Waals surface area contributed by atoms with Crippen molar-refractivity contribution in [2.45, 2.75) is 32.6 Å². The quantitative estimate of drug-likeness (QED) is 0.917. The van der Waals surface area contributed by atoms with Crippen LogP contribution < -0.4 is 10.2 Å². The highest BCUT2D eigenvalue weighted by Gasteiger charge is 2.18. The number of nitrogens with zero attached hydrogens (tertiary/aromatic N) is 6. The average molecular weight is 287 g/mol. The molecule has 0 radical (unpaired) electrons. The third kappa shape index (κ3) is 2.68. The molecule has 3 rings (SSSR count). The van der Waals surface area contributed by atoms with Crippen LogP contribution in [0.15, 0.2) is 6.33 Å². The first-order valence-electron chi connectivity index (χ1n) is 7.41. The summed E-state index contributed by atoms with van der Waals surface area (Å²) < 4.78 is 2.00. The summed E-state index contributed by atoms with van der Waals surface area (Å²) in [7, 11) is 3.86. The van der Waals surface area contributed by atoms with Gasteiger partial charge in [-0.1, -0.05) is 0 Å². The Kier molecular flexibility index (Phi) is 3.72. The molecule has 2 aromatic heterocycles. The van der Waals surface area contributed by atoms with Crippen molar-refractivity contribution in [2.24, 2.45) is 0 Å². The predicted molar refractivity (Wildman–Crippen MR) is 82.1 cm³/mol. The molecule has 21 heavy (non-hydrogen) atoms. The summed E-state index contributed by atoms with van der Waals surface area (Å²) in [5, 5.41) is 3.16. The maximum Gasteiger partial charge on any atom is 0.241 e. The van der Waals surface area contributed by atoms with Crippen LogP contribution in [-0.4, -0.2) is 45.1 Å². The molecular weight excluding hydrogens is 266 g/mol. The highest BCUT2D eigenvalue weighted by molar-refractivity contribution is 5.40. The molecule has 112 valence electrons. The highest BCUT2D eigenvalue weighted by atomic mass is 15.3. The van der Waals surface area contributed by atoms with Gasteiger partial charge in [-0.3, -0.25) is 4.57 Å². The summed E-state index contributed by atoms with van der Waals surface area (Å²) in [5.41, 5.74) is 2.41. The van der Waals surface area contributed by atoms with Gasteiger partial charge in [0.15, 0.2) is 0 Å². The average Bonchev–Trinajstić information content (AvgIpc) is 2.91. The van der Waals surface area contributed by atoms with E-state index in [0.29, 0.717) is 17.8 Å². The first kappa shape index (κ1) is 13.8. The van der Waals surface area contributed by atoms with E-state index < -0.39 is 0 Å². The van der Waals surface area contributed by atoms with Gasteiger partial charge in [0.2, 0.25) is 17.8 Å². The fourth-order valence-corrected chi connectivity index (χ4v) is 2.54. The first-order valence-corrected chi connectivity index (χ1v) is 7.41. The van der Waals surface area contributed by atoms with E-state index in [2.05, 4.69) is 25.3 Å². The third-order valence-corrected chi connectivity index (χ3v) is 3.59. The van der Waals surface area contributed by atoms with E-state index in [0.717, 1.165) is 19.4 Å². The largest absolute Gasteiger partial charge is 0.354 e. The molecule has 1 aliphatic rings. The zero-order valence-corrected chi connectivity index (χ0v) is 12.8. The van der Waals surface area contributed by atoms with Crippen molar-refractivity contribution in [3.05, 3.63) is 17.7 Å². The molecule has 2 heterocycles. The lowest BCUT2D eigenvalue weighted by atomic mass is 10.0. The number of hydrogen-bond acceptors (Lipinski definition) is 6. The minimum atomic E-state index is 0.601. The van der Waals surface area contributed by atoms with Crippen LogP contribution in [0.3, 0.4) is 0 Å². The van der Waals surface area contributed by atoms with Crippen molar-refractivity contribution < 1.29 is 0 Å². The Balaban J connectivity index is 2.06. The molecule has 2 aromatic rings. The molecule has 0 unspecified atom stereocenters. The van der Waals surface area contributed by atoms with Crippen LogP contribution in [-0.2, 0) is 12.8 Å². The number of nitrogens with one attached hydrogen (secondary N) is 1. The molecule has 0 fully saturated rings. The van der Waals surface area contributed by atoms with Gasteiger partial charge in [-0.25, -0.2) is 4.98 Å². The molecule has 0 aliphatic heterocycles. The Morgan fingerprint density at radius 1 is 1.19 bits per heavy atom. The van der Waals surface area contributed by atoms with E-state index in [9.17, 15) is 0 Å². The third-order valence-electron chi connectivity index (χ3n) is 3.59. The van der Waals surface area contributed by atoms with Crippen LogP contribution in [0.4, 0.5) is 11.9 Å². The molecule has 0 aromatic carbocycles. The molecule has 7 nitrogen and oxygen atoms in total. The van der Waals surface area contributed by atoms with Crippen molar-refractivity contribution in [1.29, 1.82) is 0 Å². The summed E-state index contributed by atoms with van der Waals surface area (Å²) in [6.07, 6.45) is 6.33. The second kappa shape index (κ2) is 5.67. The standard InChI is InChI=1S/C14H21N7/c1-4-15-12-17-13(20(2)3)19-14(18-12)21-9-16-10-7-5-6-8-11(10)21/h9H,4-8H2,1-3H3,(H,15,17,18,19). The predicted octanol–water partition coefficient (Wildman–Crippen LogP) is 1.43. The van der Waals surface area contributed by atoms with E-state index in [1.165, 1.54) is 24.2 Å². The van der Waals surface area contributed by atoms with Gasteiger partial charge in [0.1, 0.15) is 6.33 Å². The van der Waals surface area contributed by atoms with E-state index in [1.54, 1.807) is 0 Å². The fraction of sp³-hybridized carbons (Fsp3) is 0.571. The summed E-state index contributed by atoms with van der Waals surface area (Å²) in [6, 6.07) is 0. The Bertz CT molecular complexity index is 632. The second-order valence-electron chi connectivity index (χ2n) is 5.40. The molecule has 0 saturated carbocycles. The number of hydrogen-bond donors (Lipinski definition) is 1. The lowest BCUT2D eigenvalue weighted by Crippen LogP contribution is -2.18. The van der Waals surface area contributed by atoms with E-state index >= 15 is 0 Å². The Morgan fingerprint density at radius 2 is 2.00 bits per heavy atom. The van der Waals surface area contributed by atoms with Gasteiger partial charge in [-0.15, -0.1) is 0 Å². The maximum absolute atomic E-state index is 4.55. The van der Waals surface area contributed by atoms with Crippen LogP contribution in [0.5, 0.6) is 0 Å². The Morgan fingerprint density at radius 3 is 2.76 bits per heavy atom. The summed E-state index contributed by atoms with van der Waals surface area (Å²) in [4.78, 5) is 19.9. The number of aryl methyl sites for hydroxylation is 1. The molecular formula is C14H21N7. The molecule has 0 spiro atoms. The number of anilines is 2. The van der Waals surface area contributed by atoms with Gasteiger partial charge in [0, 0.05) is 26.3 Å². The van der Waals surface area contributed by atoms with Crippen molar-refractivity contribution in [2.75, 3.05) is 30.9 Å². The van der Waals surface area contributed by atoms with Crippen molar-refractivity contribution in [1.82, 2.24) is 24.5 Å². The number of aromatic nitrogens is 5. The highest BCUT2D eigenvalue weighted by Crippen LogP contribution is 2.22. The molecule has 1 N–H and O–H groups in total. The monoisotopic (exact) mass is 287 g/mol. The van der Waals surface area contributed by atoms with Gasteiger partial charge in [0.05, 0.1) is 5.69 Å². The van der Waals surface area contributed by atoms with E-state index in [4.69, 9.17) is 0 Å². The van der Waals surface area contributed by atoms with Crippen molar-refractivity contribution in [3.8, 4) is 5.95 Å². The van der Waals surface area contributed by atoms with Crippen LogP contribution in [0.2, 0.25) is 0 Å². The Labute approximate surface area is 124 Å². The van der Waals surface area contributed by atoms with Gasteiger partial charge in [0.25, 0.3) is 0 Å². The van der Waals surface area contributed by atoms with E-state index in [1.807, 2.05) is 36.8 Å². The summed E-state index contributed by atoms with van der Waals surface area (Å²) in [5.74, 6) is 1.89. The smallest absolute Gasteiger partial charge is 0.241 e. The Hall–Kier alpha value is -2.18. The fourth-order valence-electron chi connectivity index (χ4n) is 2.54. The molecule has 0 atom stereocenters. The maximum atomic E-state index is 4.55. The molecule has 1 aliphatic carbocycles. The van der Waals surface area contributed by atoms with Crippen LogP contribution >= 0.6 is 0 Å². The molecule has 7 heteroatoms. The SMILES string of the molecule is CCNc1nc(N(C)C)nc(-n2cnc3c2CCCC3)n1. The van der Waals surface area contributed by atoms with Crippen LogP contribution in [0.1, 0.15) is 31.2 Å². The number of rotatable bonds is 4. The second-order valence-corrected chi connectivity index (χ2v) is 5.40. The lowest BCUT2D eigenvalue weighted by Gasteiger charge is -2.16. The zero-order valence-electron chi connectivity index (χ0n) is 12.8. The molecule has 0 saturated heterocycles. The van der Waals surface area contributed by atoms with E-state index in [-0.39, 0.29) is 0 Å². The summed E-state index contributed by atoms with van der Waals surface area (Å²) in [6.45, 7) is 2.80. The van der Waals surface area contributed by atoms with Gasteiger partial charge >= 0.3 is 0 Å². The van der Waals surface area contributed by atoms with Crippen molar-refractivity contribution >= 4 is 11.9 Å². The van der Waals surface area contributed by atoms with Crippen LogP contribution in [0.25, 0.3) is 5.95 Å². The molecule has 0 amide bonds. The van der Waals surface area contributed by atoms with Crippen molar-refractivity contribution in [3.63, 3.8) is 0 Å². The molecule has 0 bridgehead atoms. The van der Waals surface area contributed by atoms with Gasteiger partial charge < -0.3 is 10.2 Å². The number of fused-ring (bicyclic) bond motifs is 1. The minimum Gasteiger partial charge on any atom is -0.354 e. The normalized spacial score (nSPS) is 13.9. The first-order chi connectivity index (χ1) is 10.2. The minimum absolute atomic E-state index is 0.601. The van der Waals surface area contributed by atoms with Gasteiger partial charge in [-0.05, 0) is 32.6 Å². The van der Waals surface area contributed by atoms with Crippen LogP contribution in [0, 0.1) is 0 Å². The number of imidazole rings is 1. The van der Waals surface area contributed by atoms with Gasteiger partial charge in [-0.2, -0.15) is 15.0 Å². The topological polar surface area (TPSA) is 71.8 Å². The lowest BCUT2D eigenvalue weighted by molar-refractivity contribution is 0.651. The summed E-state index contributed by atoms with van der Waals surface area (Å²) >= 11 is 0.